The molecule has 2 aromatic carbocycles. The molecule has 0 aliphatic heterocycles. The molecule has 6 heteroatoms. The number of rotatable bonds is 4. The van der Waals surface area contributed by atoms with E-state index in [1.807, 2.05) is 30.3 Å². The van der Waals surface area contributed by atoms with E-state index in [4.69, 9.17) is 4.52 Å². The van der Waals surface area contributed by atoms with Gasteiger partial charge in [-0.3, -0.25) is 0 Å². The summed E-state index contributed by atoms with van der Waals surface area (Å²) in [5.74, 6) is -0.484. The lowest BCUT2D eigenvalue weighted by atomic mass is 10.1. The maximum Gasteiger partial charge on any atom is 0.179 e. The number of nitrogens with one attached hydrogen (secondary N) is 1. The first kappa shape index (κ1) is 15.3. The van der Waals surface area contributed by atoms with E-state index in [0.717, 1.165) is 11.6 Å². The second-order valence-corrected chi connectivity index (χ2v) is 4.89. The van der Waals surface area contributed by atoms with Crippen molar-refractivity contribution in [1.29, 1.82) is 5.26 Å². The Balaban J connectivity index is 1.83. The van der Waals surface area contributed by atoms with Crippen LogP contribution in [0.5, 0.6) is 5.75 Å². The number of aromatic nitrogens is 1. The lowest BCUT2D eigenvalue weighted by Crippen LogP contribution is -1.91. The van der Waals surface area contributed by atoms with Crippen molar-refractivity contribution in [3.05, 3.63) is 71.9 Å². The maximum absolute atomic E-state index is 13.6. The monoisotopic (exact) mass is 321 g/mol. The van der Waals surface area contributed by atoms with Gasteiger partial charge in [0.05, 0.1) is 5.69 Å². The third kappa shape index (κ3) is 3.10. The summed E-state index contributed by atoms with van der Waals surface area (Å²) in [5.41, 5.74) is 1.71. The van der Waals surface area contributed by atoms with E-state index >= 15 is 0 Å². The van der Waals surface area contributed by atoms with Crippen LogP contribution in [0.1, 0.15) is 11.3 Å². The van der Waals surface area contributed by atoms with E-state index in [-0.39, 0.29) is 17.2 Å². The predicted octanol–water partition coefficient (Wildman–Crippen LogP) is 4.14. The molecule has 0 amide bonds. The zero-order valence-electron chi connectivity index (χ0n) is 12.4. The van der Waals surface area contributed by atoms with Crippen molar-refractivity contribution >= 4 is 11.8 Å². The molecule has 0 saturated heterocycles. The number of hydrogen-bond acceptors (Lipinski definition) is 5. The number of hydrogen-bond donors (Lipinski definition) is 2. The fraction of sp³-hybridized carbons (Fsp3) is 0. The molecule has 0 bridgehead atoms. The number of benzene rings is 2. The van der Waals surface area contributed by atoms with Crippen molar-refractivity contribution in [3.8, 4) is 23.1 Å². The van der Waals surface area contributed by atoms with E-state index in [1.54, 1.807) is 0 Å². The van der Waals surface area contributed by atoms with Crippen LogP contribution in [0, 0.1) is 17.1 Å². The van der Waals surface area contributed by atoms with Gasteiger partial charge in [0.15, 0.2) is 5.76 Å². The van der Waals surface area contributed by atoms with Crippen molar-refractivity contribution in [2.45, 2.75) is 0 Å². The zero-order chi connectivity index (χ0) is 16.9. The van der Waals surface area contributed by atoms with Gasteiger partial charge in [-0.25, -0.2) is 4.39 Å². The van der Waals surface area contributed by atoms with E-state index in [9.17, 15) is 14.8 Å². The molecule has 24 heavy (non-hydrogen) atoms. The molecule has 0 saturated carbocycles. The fourth-order valence-corrected chi connectivity index (χ4v) is 2.15. The Morgan fingerprint density at radius 1 is 1.21 bits per heavy atom. The normalized spacial score (nSPS) is 10.7. The lowest BCUT2D eigenvalue weighted by molar-refractivity contribution is 0.415. The number of phenolic OH excluding ortho intramolecular Hbond substituents is 1. The van der Waals surface area contributed by atoms with Crippen molar-refractivity contribution in [3.63, 3.8) is 0 Å². The van der Waals surface area contributed by atoms with Gasteiger partial charge in [0.25, 0.3) is 0 Å². The first-order valence-corrected chi connectivity index (χ1v) is 7.06. The average molecular weight is 321 g/mol. The minimum absolute atomic E-state index is 0.156. The highest BCUT2D eigenvalue weighted by atomic mass is 19.1. The van der Waals surface area contributed by atoms with Crippen molar-refractivity contribution in [2.24, 2.45) is 0 Å². The van der Waals surface area contributed by atoms with Crippen LogP contribution in [0.2, 0.25) is 0 Å². The summed E-state index contributed by atoms with van der Waals surface area (Å²) in [7, 11) is 0. The second kappa shape index (κ2) is 6.67. The Morgan fingerprint density at radius 3 is 2.71 bits per heavy atom. The number of aromatic hydroxyl groups is 1. The summed E-state index contributed by atoms with van der Waals surface area (Å²) in [4.78, 5) is 0. The molecule has 0 fully saturated rings. The van der Waals surface area contributed by atoms with Gasteiger partial charge in [-0.15, -0.1) is 0 Å². The van der Waals surface area contributed by atoms with Crippen LogP contribution in [0.15, 0.2) is 59.3 Å². The van der Waals surface area contributed by atoms with Gasteiger partial charge in [-0.05, 0) is 12.1 Å². The van der Waals surface area contributed by atoms with Crippen LogP contribution < -0.4 is 5.32 Å². The summed E-state index contributed by atoms with van der Waals surface area (Å²) >= 11 is 0. The Labute approximate surface area is 137 Å². The standard InChI is InChI=1S/C18H12FN3O2/c19-15-10-13(23)6-7-16(15)21-9-8-17-14(11-20)18(22-24-17)12-4-2-1-3-5-12/h1-10,21,23H. The molecule has 0 radical (unpaired) electrons. The minimum Gasteiger partial charge on any atom is -0.508 e. The number of nitrogens with zero attached hydrogens (tertiary/aromatic N) is 2. The molecule has 0 aliphatic carbocycles. The highest BCUT2D eigenvalue weighted by molar-refractivity contribution is 5.71. The third-order valence-corrected chi connectivity index (χ3v) is 3.30. The molecule has 1 heterocycles. The van der Waals surface area contributed by atoms with Gasteiger partial charge >= 0.3 is 0 Å². The predicted molar refractivity (Wildman–Crippen MR) is 87.4 cm³/mol. The highest BCUT2D eigenvalue weighted by Crippen LogP contribution is 2.25. The summed E-state index contributed by atoms with van der Waals surface area (Å²) < 4.78 is 18.8. The Kier molecular flexibility index (Phi) is 4.25. The third-order valence-electron chi connectivity index (χ3n) is 3.30. The molecular weight excluding hydrogens is 309 g/mol. The number of anilines is 1. The molecule has 3 rings (SSSR count). The minimum atomic E-state index is -0.595. The van der Waals surface area contributed by atoms with Crippen molar-refractivity contribution < 1.29 is 14.0 Å². The molecule has 2 N–H and O–H groups in total. The van der Waals surface area contributed by atoms with Crippen LogP contribution in [0.25, 0.3) is 17.3 Å². The van der Waals surface area contributed by atoms with Gasteiger partial charge in [0, 0.05) is 23.9 Å². The van der Waals surface area contributed by atoms with E-state index in [1.165, 1.54) is 24.4 Å². The molecule has 0 spiro atoms. The molecule has 0 atom stereocenters. The first-order valence-electron chi connectivity index (χ1n) is 7.06. The zero-order valence-corrected chi connectivity index (χ0v) is 12.4. The number of halogens is 1. The maximum atomic E-state index is 13.6. The summed E-state index contributed by atoms with van der Waals surface area (Å²) in [6.07, 6.45) is 2.93. The van der Waals surface area contributed by atoms with Gasteiger partial charge < -0.3 is 14.9 Å². The molecule has 1 aromatic heterocycles. The van der Waals surface area contributed by atoms with Crippen molar-refractivity contribution in [1.82, 2.24) is 5.16 Å². The molecule has 3 aromatic rings. The SMILES string of the molecule is N#Cc1c(-c2ccccc2)noc1C=CNc1ccc(O)cc1F. The van der Waals surface area contributed by atoms with E-state index in [2.05, 4.69) is 16.5 Å². The fourth-order valence-electron chi connectivity index (χ4n) is 2.15. The molecule has 118 valence electrons. The summed E-state index contributed by atoms with van der Waals surface area (Å²) in [6, 6.07) is 15.0. The van der Waals surface area contributed by atoms with Gasteiger partial charge in [0.1, 0.15) is 28.9 Å². The van der Waals surface area contributed by atoms with E-state index in [0.29, 0.717) is 11.3 Å². The quantitative estimate of drug-likeness (QED) is 0.706. The Morgan fingerprint density at radius 2 is 2.00 bits per heavy atom. The smallest absolute Gasteiger partial charge is 0.179 e. The molecule has 0 unspecified atom stereocenters. The van der Waals surface area contributed by atoms with Gasteiger partial charge in [-0.2, -0.15) is 5.26 Å². The van der Waals surface area contributed by atoms with Crippen LogP contribution >= 0.6 is 0 Å². The average Bonchev–Trinajstić information content (AvgIpc) is 3.00. The summed E-state index contributed by atoms with van der Waals surface area (Å²) in [5, 5.41) is 25.2. The van der Waals surface area contributed by atoms with Gasteiger partial charge in [-0.1, -0.05) is 35.5 Å². The lowest BCUT2D eigenvalue weighted by Gasteiger charge is -2.02. The van der Waals surface area contributed by atoms with E-state index < -0.39 is 5.82 Å². The Bertz CT molecular complexity index is 927. The van der Waals surface area contributed by atoms with Crippen LogP contribution in [0.4, 0.5) is 10.1 Å². The molecular formula is C18H12FN3O2. The number of nitriles is 1. The summed E-state index contributed by atoms with van der Waals surface area (Å²) in [6.45, 7) is 0. The Hall–Kier alpha value is -3.59. The molecule has 0 aliphatic rings. The highest BCUT2D eigenvalue weighted by Gasteiger charge is 2.15. The van der Waals surface area contributed by atoms with Crippen molar-refractivity contribution in [2.75, 3.05) is 5.32 Å². The van der Waals surface area contributed by atoms with Crippen LogP contribution in [-0.2, 0) is 0 Å². The van der Waals surface area contributed by atoms with Crippen LogP contribution in [-0.4, -0.2) is 10.3 Å². The topological polar surface area (TPSA) is 82.1 Å². The largest absolute Gasteiger partial charge is 0.508 e. The second-order valence-electron chi connectivity index (χ2n) is 4.89. The first-order chi connectivity index (χ1) is 11.7. The molecule has 5 nitrogen and oxygen atoms in total. The number of phenols is 1. The van der Waals surface area contributed by atoms with Gasteiger partial charge in [0.2, 0.25) is 0 Å². The van der Waals surface area contributed by atoms with Crippen LogP contribution in [0.3, 0.4) is 0 Å².